The lowest BCUT2D eigenvalue weighted by atomic mass is 10.0. The summed E-state index contributed by atoms with van der Waals surface area (Å²) in [6, 6.07) is 57.2. The number of hydrogen-bond acceptors (Lipinski definition) is 0. The molecule has 0 radical (unpaired) electrons. The van der Waals surface area contributed by atoms with Crippen LogP contribution in [0.1, 0.15) is 0 Å². The van der Waals surface area contributed by atoms with E-state index in [1.807, 2.05) is 0 Å². The van der Waals surface area contributed by atoms with Crippen molar-refractivity contribution in [2.24, 2.45) is 0 Å². The molecule has 0 amide bonds. The second-order valence-electron chi connectivity index (χ2n) is 11.8. The van der Waals surface area contributed by atoms with Gasteiger partial charge in [0.25, 0.3) is 0 Å². The fourth-order valence-electron chi connectivity index (χ4n) is 7.53. The molecule has 0 aliphatic rings. The highest BCUT2D eigenvalue weighted by molar-refractivity contribution is 6.28. The summed E-state index contributed by atoms with van der Waals surface area (Å²) in [5, 5.41) is 8.83. The highest BCUT2D eigenvalue weighted by Gasteiger charge is 2.19. The number of benzene rings is 7. The van der Waals surface area contributed by atoms with Crippen molar-refractivity contribution in [2.75, 3.05) is 0 Å². The average Bonchev–Trinajstić information content (AvgIpc) is 3.79. The lowest BCUT2D eigenvalue weighted by Crippen LogP contribution is -1.96. The highest BCUT2D eigenvalue weighted by Crippen LogP contribution is 2.42. The van der Waals surface area contributed by atoms with E-state index in [4.69, 9.17) is 0 Å². The van der Waals surface area contributed by atoms with Crippen molar-refractivity contribution >= 4 is 65.3 Å². The SMILES string of the molecule is c1ccc(-n2ccc3ccc4ccc5c(c6ccccc6n5-c5ccc6c(c5)c5ccccc5n6-c5ccccc5)c4c32)cc1. The second kappa shape index (κ2) is 9.22. The van der Waals surface area contributed by atoms with Crippen molar-refractivity contribution in [3.8, 4) is 17.1 Å². The van der Waals surface area contributed by atoms with Crippen molar-refractivity contribution in [2.45, 2.75) is 0 Å². The number of fused-ring (bicyclic) bond motifs is 10. The van der Waals surface area contributed by atoms with Crippen LogP contribution in [0, 0.1) is 0 Å². The van der Waals surface area contributed by atoms with Crippen LogP contribution in [0.5, 0.6) is 0 Å². The molecule has 0 unspecified atom stereocenters. The maximum absolute atomic E-state index is 2.45. The zero-order valence-electron chi connectivity index (χ0n) is 24.4. The summed E-state index contributed by atoms with van der Waals surface area (Å²) in [6.07, 6.45) is 2.20. The van der Waals surface area contributed by atoms with Gasteiger partial charge in [-0.15, -0.1) is 0 Å². The number of nitrogens with zero attached hydrogens (tertiary/aromatic N) is 3. The van der Waals surface area contributed by atoms with E-state index in [2.05, 4.69) is 178 Å². The fourth-order valence-corrected chi connectivity index (χ4v) is 7.53. The third-order valence-electron chi connectivity index (χ3n) is 9.43. The van der Waals surface area contributed by atoms with Crippen LogP contribution >= 0.6 is 0 Å². The van der Waals surface area contributed by atoms with Crippen LogP contribution in [0.3, 0.4) is 0 Å². The maximum atomic E-state index is 2.45. The van der Waals surface area contributed by atoms with Crippen LogP contribution in [0.4, 0.5) is 0 Å². The number of aromatic nitrogens is 3. The largest absolute Gasteiger partial charge is 0.316 e. The lowest BCUT2D eigenvalue weighted by molar-refractivity contribution is 1.13. The minimum atomic E-state index is 1.16. The predicted molar refractivity (Wildman–Crippen MR) is 189 cm³/mol. The minimum absolute atomic E-state index is 1.16. The molecule has 0 aliphatic heterocycles. The van der Waals surface area contributed by atoms with E-state index in [0.717, 1.165) is 5.69 Å². The van der Waals surface area contributed by atoms with Gasteiger partial charge in [0.2, 0.25) is 0 Å². The Hall–Kier alpha value is -6.06. The van der Waals surface area contributed by atoms with E-state index in [9.17, 15) is 0 Å². The van der Waals surface area contributed by atoms with Crippen LogP contribution in [-0.4, -0.2) is 13.7 Å². The maximum Gasteiger partial charge on any atom is 0.0613 e. The van der Waals surface area contributed by atoms with E-state index >= 15 is 0 Å². The number of hydrogen-bond donors (Lipinski definition) is 0. The van der Waals surface area contributed by atoms with Crippen LogP contribution in [0.2, 0.25) is 0 Å². The molecule has 7 aromatic carbocycles. The first-order valence-corrected chi connectivity index (χ1v) is 15.5. The Kier molecular flexibility index (Phi) is 5.00. The van der Waals surface area contributed by atoms with Crippen molar-refractivity contribution < 1.29 is 0 Å². The van der Waals surface area contributed by atoms with Gasteiger partial charge in [-0.05, 0) is 72.1 Å². The van der Waals surface area contributed by atoms with Crippen molar-refractivity contribution in [1.82, 2.24) is 13.7 Å². The van der Waals surface area contributed by atoms with Crippen LogP contribution in [-0.2, 0) is 0 Å². The zero-order valence-corrected chi connectivity index (χ0v) is 24.4. The summed E-state index contributed by atoms with van der Waals surface area (Å²) in [7, 11) is 0. The Morgan fingerprint density at radius 1 is 0.333 bits per heavy atom. The molecular formula is C42H27N3. The van der Waals surface area contributed by atoms with E-state index in [1.54, 1.807) is 0 Å². The van der Waals surface area contributed by atoms with E-state index in [0.29, 0.717) is 0 Å². The molecule has 10 aromatic rings. The quantitative estimate of drug-likeness (QED) is 0.200. The summed E-state index contributed by atoms with van der Waals surface area (Å²) in [5.74, 6) is 0. The molecule has 0 fully saturated rings. The predicted octanol–water partition coefficient (Wildman–Crippen LogP) is 11.0. The zero-order chi connectivity index (χ0) is 29.5. The standard InChI is InChI=1S/C42H27N3/c1-3-11-30(12-4-1)43-26-25-29-20-19-28-21-23-39-41(40(28)42(29)43)34-16-8-10-18-37(34)45(39)32-22-24-38-35(27-32)33-15-7-9-17-36(33)44(38)31-13-5-2-6-14-31/h1-27H. The van der Waals surface area contributed by atoms with Crippen molar-refractivity contribution in [1.29, 1.82) is 0 Å². The van der Waals surface area contributed by atoms with Crippen LogP contribution in [0.25, 0.3) is 82.3 Å². The van der Waals surface area contributed by atoms with Gasteiger partial charge in [0.15, 0.2) is 0 Å². The van der Waals surface area contributed by atoms with Gasteiger partial charge >= 0.3 is 0 Å². The van der Waals surface area contributed by atoms with E-state index in [-0.39, 0.29) is 0 Å². The molecule has 210 valence electrons. The van der Waals surface area contributed by atoms with E-state index < -0.39 is 0 Å². The third-order valence-corrected chi connectivity index (χ3v) is 9.43. The monoisotopic (exact) mass is 573 g/mol. The summed E-state index contributed by atoms with van der Waals surface area (Å²) >= 11 is 0. The molecule has 0 bridgehead atoms. The van der Waals surface area contributed by atoms with Gasteiger partial charge in [0, 0.05) is 55.6 Å². The average molecular weight is 574 g/mol. The van der Waals surface area contributed by atoms with E-state index in [1.165, 1.54) is 76.7 Å². The molecule has 0 N–H and O–H groups in total. The normalized spacial score (nSPS) is 12.0. The van der Waals surface area contributed by atoms with Gasteiger partial charge < -0.3 is 13.7 Å². The molecule has 0 aliphatic carbocycles. The highest BCUT2D eigenvalue weighted by atomic mass is 15.0. The molecule has 0 saturated heterocycles. The summed E-state index contributed by atoms with van der Waals surface area (Å²) in [4.78, 5) is 0. The molecule has 3 heterocycles. The Balaban J connectivity index is 1.32. The number of para-hydroxylation sites is 4. The van der Waals surface area contributed by atoms with Gasteiger partial charge in [0.05, 0.1) is 27.6 Å². The minimum Gasteiger partial charge on any atom is -0.316 e. The second-order valence-corrected chi connectivity index (χ2v) is 11.8. The lowest BCUT2D eigenvalue weighted by Gasteiger charge is -2.12. The fraction of sp³-hybridized carbons (Fsp3) is 0. The van der Waals surface area contributed by atoms with Gasteiger partial charge in [-0.25, -0.2) is 0 Å². The van der Waals surface area contributed by atoms with Gasteiger partial charge in [-0.3, -0.25) is 0 Å². The van der Waals surface area contributed by atoms with Crippen LogP contribution < -0.4 is 0 Å². The molecule has 0 atom stereocenters. The molecule has 0 spiro atoms. The van der Waals surface area contributed by atoms with Gasteiger partial charge in [-0.1, -0.05) is 91.0 Å². The molecule has 10 rings (SSSR count). The first-order chi connectivity index (χ1) is 22.3. The molecule has 45 heavy (non-hydrogen) atoms. The van der Waals surface area contributed by atoms with Gasteiger partial charge in [-0.2, -0.15) is 0 Å². The topological polar surface area (TPSA) is 14.8 Å². The molecule has 3 heteroatoms. The van der Waals surface area contributed by atoms with Gasteiger partial charge in [0.1, 0.15) is 0 Å². The Labute approximate surface area is 259 Å². The number of rotatable bonds is 3. The summed E-state index contributed by atoms with van der Waals surface area (Å²) < 4.78 is 7.17. The summed E-state index contributed by atoms with van der Waals surface area (Å²) in [6.45, 7) is 0. The molecule has 3 aromatic heterocycles. The smallest absolute Gasteiger partial charge is 0.0613 e. The summed E-state index contributed by atoms with van der Waals surface area (Å²) in [5.41, 5.74) is 9.59. The molecule has 0 saturated carbocycles. The van der Waals surface area contributed by atoms with Crippen LogP contribution in [0.15, 0.2) is 164 Å². The Morgan fingerprint density at radius 2 is 0.911 bits per heavy atom. The molecular weight excluding hydrogens is 546 g/mol. The Bertz CT molecular complexity index is 2740. The van der Waals surface area contributed by atoms with Crippen molar-refractivity contribution in [3.63, 3.8) is 0 Å². The van der Waals surface area contributed by atoms with Crippen molar-refractivity contribution in [3.05, 3.63) is 164 Å². The third kappa shape index (κ3) is 3.41. The Morgan fingerprint density at radius 3 is 1.71 bits per heavy atom. The molecule has 3 nitrogen and oxygen atoms in total. The first-order valence-electron chi connectivity index (χ1n) is 15.5. The first kappa shape index (κ1) is 24.4.